The lowest BCUT2D eigenvalue weighted by atomic mass is 10.0. The first kappa shape index (κ1) is 12.0. The fourth-order valence-corrected chi connectivity index (χ4v) is 2.19. The van der Waals surface area contributed by atoms with Crippen LogP contribution in [0.3, 0.4) is 0 Å². The molecule has 0 aliphatic heterocycles. The van der Waals surface area contributed by atoms with Gasteiger partial charge in [0.25, 0.3) is 0 Å². The molecule has 1 aromatic rings. The molecule has 1 heterocycles. The molecule has 1 N–H and O–H groups in total. The second kappa shape index (κ2) is 4.05. The lowest BCUT2D eigenvalue weighted by molar-refractivity contribution is -0.138. The molecule has 0 aromatic carbocycles. The third-order valence-electron chi connectivity index (χ3n) is 3.42. The molecule has 5 nitrogen and oxygen atoms in total. The van der Waals surface area contributed by atoms with Gasteiger partial charge in [0.2, 0.25) is 0 Å². The molecule has 2 rings (SSSR count). The van der Waals surface area contributed by atoms with Gasteiger partial charge in [-0.15, -0.1) is 0 Å². The Labute approximate surface area is 99.7 Å². The molecular formula is C12H18N2O3. The number of aromatic nitrogens is 2. The van der Waals surface area contributed by atoms with Crippen molar-refractivity contribution >= 4 is 5.97 Å². The third-order valence-corrected chi connectivity index (χ3v) is 3.42. The zero-order chi connectivity index (χ0) is 12.6. The minimum Gasteiger partial charge on any atom is -0.481 e. The summed E-state index contributed by atoms with van der Waals surface area (Å²) in [6, 6.07) is 0.137. The molecule has 1 aromatic heterocycles. The van der Waals surface area contributed by atoms with E-state index in [4.69, 9.17) is 5.11 Å². The average molecular weight is 238 g/mol. The molecule has 0 saturated heterocycles. The maximum Gasteiger partial charge on any atom is 0.328 e. The van der Waals surface area contributed by atoms with Crippen molar-refractivity contribution in [3.63, 3.8) is 0 Å². The molecule has 5 heteroatoms. The summed E-state index contributed by atoms with van der Waals surface area (Å²) >= 11 is 0. The van der Waals surface area contributed by atoms with Crippen LogP contribution in [0.4, 0.5) is 0 Å². The van der Waals surface area contributed by atoms with Crippen LogP contribution in [0.5, 0.6) is 0 Å². The van der Waals surface area contributed by atoms with E-state index in [9.17, 15) is 9.59 Å². The second-order valence-electron chi connectivity index (χ2n) is 5.28. The van der Waals surface area contributed by atoms with Gasteiger partial charge in [0.1, 0.15) is 0 Å². The Hall–Kier alpha value is -1.52. The molecule has 1 saturated carbocycles. The third kappa shape index (κ3) is 2.43. The molecule has 94 valence electrons. The van der Waals surface area contributed by atoms with Gasteiger partial charge in [0.15, 0.2) is 0 Å². The number of carboxylic acid groups (broad SMARTS) is 1. The monoisotopic (exact) mass is 238 g/mol. The SMILES string of the molecule is CC(C)n1ccn(CC2(CC(=O)O)CC2)c1=O. The normalized spacial score (nSPS) is 17.4. The lowest BCUT2D eigenvalue weighted by Gasteiger charge is -2.12. The van der Waals surface area contributed by atoms with Crippen LogP contribution in [0.2, 0.25) is 0 Å². The van der Waals surface area contributed by atoms with Crippen molar-refractivity contribution in [2.24, 2.45) is 5.41 Å². The fraction of sp³-hybridized carbons (Fsp3) is 0.667. The molecule has 1 aliphatic carbocycles. The number of hydrogen-bond donors (Lipinski definition) is 1. The van der Waals surface area contributed by atoms with Crippen molar-refractivity contribution in [2.75, 3.05) is 0 Å². The Balaban J connectivity index is 2.15. The summed E-state index contributed by atoms with van der Waals surface area (Å²) in [6.07, 6.45) is 5.48. The van der Waals surface area contributed by atoms with Crippen molar-refractivity contribution < 1.29 is 9.90 Å². The molecular weight excluding hydrogens is 220 g/mol. The Bertz CT molecular complexity index is 480. The van der Waals surface area contributed by atoms with E-state index in [1.165, 1.54) is 0 Å². The molecule has 0 spiro atoms. The minimum absolute atomic E-state index is 0.0448. The quantitative estimate of drug-likeness (QED) is 0.845. The predicted molar refractivity (Wildman–Crippen MR) is 63.0 cm³/mol. The maximum absolute atomic E-state index is 12.0. The Kier molecular flexibility index (Phi) is 2.85. The summed E-state index contributed by atoms with van der Waals surface area (Å²) < 4.78 is 3.30. The highest BCUT2D eigenvalue weighted by molar-refractivity contribution is 5.68. The van der Waals surface area contributed by atoms with Gasteiger partial charge < -0.3 is 5.11 Å². The molecule has 1 fully saturated rings. The highest BCUT2D eigenvalue weighted by atomic mass is 16.4. The van der Waals surface area contributed by atoms with Crippen molar-refractivity contribution in [1.29, 1.82) is 0 Å². The summed E-state index contributed by atoms with van der Waals surface area (Å²) in [5, 5.41) is 8.84. The standard InChI is InChI=1S/C12H18N2O3/c1-9(2)14-6-5-13(11(14)17)8-12(3-4-12)7-10(15)16/h5-6,9H,3-4,7-8H2,1-2H3,(H,15,16). The van der Waals surface area contributed by atoms with Crippen molar-refractivity contribution in [3.05, 3.63) is 22.9 Å². The lowest BCUT2D eigenvalue weighted by Crippen LogP contribution is -2.28. The Morgan fingerprint density at radius 2 is 2.12 bits per heavy atom. The van der Waals surface area contributed by atoms with Crippen LogP contribution in [-0.2, 0) is 11.3 Å². The van der Waals surface area contributed by atoms with Crippen molar-refractivity contribution in [3.8, 4) is 0 Å². The van der Waals surface area contributed by atoms with Gasteiger partial charge >= 0.3 is 11.7 Å². The summed E-state index contributed by atoms with van der Waals surface area (Å²) in [6.45, 7) is 4.43. The first-order valence-electron chi connectivity index (χ1n) is 5.93. The fourth-order valence-electron chi connectivity index (χ4n) is 2.19. The largest absolute Gasteiger partial charge is 0.481 e. The predicted octanol–water partition coefficient (Wildman–Crippen LogP) is 1.49. The van der Waals surface area contributed by atoms with Gasteiger partial charge in [0.05, 0.1) is 6.42 Å². The van der Waals surface area contributed by atoms with Gasteiger partial charge in [-0.05, 0) is 32.1 Å². The highest BCUT2D eigenvalue weighted by Gasteiger charge is 2.45. The van der Waals surface area contributed by atoms with Crippen LogP contribution in [-0.4, -0.2) is 20.2 Å². The number of imidazole rings is 1. The zero-order valence-corrected chi connectivity index (χ0v) is 10.2. The van der Waals surface area contributed by atoms with Crippen LogP contribution in [0.1, 0.15) is 39.2 Å². The molecule has 0 bridgehead atoms. The van der Waals surface area contributed by atoms with E-state index in [1.807, 2.05) is 13.8 Å². The average Bonchev–Trinajstić information content (AvgIpc) is 2.84. The number of carboxylic acids is 1. The molecule has 0 unspecified atom stereocenters. The zero-order valence-electron chi connectivity index (χ0n) is 10.2. The Morgan fingerprint density at radius 1 is 1.47 bits per heavy atom. The number of nitrogens with zero attached hydrogens (tertiary/aromatic N) is 2. The van der Waals surface area contributed by atoms with E-state index >= 15 is 0 Å². The van der Waals surface area contributed by atoms with Crippen LogP contribution in [0, 0.1) is 5.41 Å². The first-order chi connectivity index (χ1) is 7.93. The Morgan fingerprint density at radius 3 is 2.53 bits per heavy atom. The number of rotatable bonds is 5. The van der Waals surface area contributed by atoms with Gasteiger partial charge in [-0.2, -0.15) is 0 Å². The van der Waals surface area contributed by atoms with Crippen LogP contribution >= 0.6 is 0 Å². The van der Waals surface area contributed by atoms with Gasteiger partial charge in [-0.3, -0.25) is 13.9 Å². The van der Waals surface area contributed by atoms with Gasteiger partial charge in [-0.25, -0.2) is 4.79 Å². The number of carbonyl (C=O) groups is 1. The molecule has 17 heavy (non-hydrogen) atoms. The van der Waals surface area contributed by atoms with E-state index in [0.717, 1.165) is 12.8 Å². The smallest absolute Gasteiger partial charge is 0.328 e. The minimum atomic E-state index is -0.779. The molecule has 0 amide bonds. The van der Waals surface area contributed by atoms with Crippen LogP contribution in [0.15, 0.2) is 17.2 Å². The van der Waals surface area contributed by atoms with E-state index < -0.39 is 5.97 Å². The summed E-state index contributed by atoms with van der Waals surface area (Å²) in [7, 11) is 0. The summed E-state index contributed by atoms with van der Waals surface area (Å²) in [5.41, 5.74) is -0.226. The van der Waals surface area contributed by atoms with Gasteiger partial charge in [-0.1, -0.05) is 0 Å². The van der Waals surface area contributed by atoms with E-state index in [1.54, 1.807) is 21.5 Å². The number of aliphatic carboxylic acids is 1. The van der Waals surface area contributed by atoms with Crippen LogP contribution < -0.4 is 5.69 Å². The van der Waals surface area contributed by atoms with E-state index in [2.05, 4.69) is 0 Å². The van der Waals surface area contributed by atoms with Crippen molar-refractivity contribution in [2.45, 2.75) is 45.7 Å². The van der Waals surface area contributed by atoms with Gasteiger partial charge in [0, 0.05) is 25.0 Å². The van der Waals surface area contributed by atoms with Crippen LogP contribution in [0.25, 0.3) is 0 Å². The van der Waals surface area contributed by atoms with E-state index in [0.29, 0.717) is 6.54 Å². The summed E-state index contributed by atoms with van der Waals surface area (Å²) in [5.74, 6) is -0.779. The summed E-state index contributed by atoms with van der Waals surface area (Å²) in [4.78, 5) is 22.7. The molecule has 1 aliphatic rings. The first-order valence-corrected chi connectivity index (χ1v) is 5.93. The number of hydrogen-bond acceptors (Lipinski definition) is 2. The topological polar surface area (TPSA) is 64.2 Å². The molecule has 0 atom stereocenters. The second-order valence-corrected chi connectivity index (χ2v) is 5.28. The molecule has 0 radical (unpaired) electrons. The maximum atomic E-state index is 12.0. The van der Waals surface area contributed by atoms with Crippen molar-refractivity contribution in [1.82, 2.24) is 9.13 Å². The van der Waals surface area contributed by atoms with E-state index in [-0.39, 0.29) is 23.6 Å². The highest BCUT2D eigenvalue weighted by Crippen LogP contribution is 2.49.